The van der Waals surface area contributed by atoms with Gasteiger partial charge < -0.3 is 4.90 Å². The van der Waals surface area contributed by atoms with Gasteiger partial charge in [-0.3, -0.25) is 4.79 Å². The minimum atomic E-state index is -3.21. The zero-order chi connectivity index (χ0) is 19.0. The molecule has 2 aliphatic heterocycles. The van der Waals surface area contributed by atoms with E-state index in [1.54, 1.807) is 0 Å². The van der Waals surface area contributed by atoms with Gasteiger partial charge in [0.05, 0.1) is 6.26 Å². The largest absolute Gasteiger partial charge is 0.354 e. The highest BCUT2D eigenvalue weighted by molar-refractivity contribution is 7.88. The molecule has 0 N–H and O–H groups in total. The zero-order valence-electron chi connectivity index (χ0n) is 16.0. The van der Waals surface area contributed by atoms with Crippen LogP contribution in [0.1, 0.15) is 45.4 Å². The molecule has 0 bridgehead atoms. The molecule has 5 nitrogen and oxygen atoms in total. The van der Waals surface area contributed by atoms with E-state index in [2.05, 4.69) is 24.2 Å². The molecular formula is C20H32N2O3S. The van der Waals surface area contributed by atoms with Crippen LogP contribution in [0.4, 0.5) is 0 Å². The van der Waals surface area contributed by atoms with Crippen LogP contribution in [-0.4, -0.2) is 49.3 Å². The van der Waals surface area contributed by atoms with Gasteiger partial charge in [-0.05, 0) is 37.3 Å². The van der Waals surface area contributed by atoms with Crippen molar-refractivity contribution in [2.24, 2.45) is 11.8 Å². The van der Waals surface area contributed by atoms with E-state index in [0.717, 1.165) is 38.6 Å². The summed E-state index contributed by atoms with van der Waals surface area (Å²) in [6.45, 7) is 3.92. The first-order chi connectivity index (χ1) is 12.4. The van der Waals surface area contributed by atoms with E-state index in [1.807, 2.05) is 24.3 Å². The Hall–Kier alpha value is -1.40. The Morgan fingerprint density at radius 2 is 1.73 bits per heavy atom. The number of Topliss-reactive ketones (excluding diaryl/α,β-unsaturated/α-hetero) is 1. The van der Waals surface area contributed by atoms with E-state index in [0.29, 0.717) is 19.5 Å². The van der Waals surface area contributed by atoms with Gasteiger partial charge in [0, 0.05) is 44.4 Å². The Balaban J connectivity index is 1.73. The minimum absolute atomic E-state index is 0.118. The Morgan fingerprint density at radius 3 is 2.35 bits per heavy atom. The molecule has 0 aromatic carbocycles. The molecule has 0 amide bonds. The molecular weight excluding hydrogens is 348 g/mol. The fourth-order valence-electron chi connectivity index (χ4n) is 3.73. The normalized spacial score (nSPS) is 23.5. The van der Waals surface area contributed by atoms with Crippen LogP contribution in [0.3, 0.4) is 0 Å². The number of nitrogens with zero attached hydrogens (tertiary/aromatic N) is 2. The summed E-state index contributed by atoms with van der Waals surface area (Å²) in [5.74, 6) is 0.308. The first kappa shape index (κ1) is 20.9. The molecule has 0 spiro atoms. The standard InChI is InChI=1S/C20H32N2O3S/c1-3-11-18-16-22(26(2,24)25)17-19(18)20(23)12-7-6-10-15-21-13-8-4-5-9-14-21/h4-5,8-9,13-14,18-19H,3,6-7,10-12,15-17H2,1-2H3/t18-,19?/m0/s1. The first-order valence-corrected chi connectivity index (χ1v) is 11.5. The summed E-state index contributed by atoms with van der Waals surface area (Å²) in [6, 6.07) is 0. The molecule has 0 aromatic heterocycles. The van der Waals surface area contributed by atoms with Gasteiger partial charge in [0.25, 0.3) is 0 Å². The van der Waals surface area contributed by atoms with Crippen molar-refractivity contribution in [2.75, 3.05) is 25.9 Å². The van der Waals surface area contributed by atoms with E-state index in [1.165, 1.54) is 10.6 Å². The van der Waals surface area contributed by atoms with Gasteiger partial charge in [-0.15, -0.1) is 0 Å². The first-order valence-electron chi connectivity index (χ1n) is 9.67. The zero-order valence-corrected chi connectivity index (χ0v) is 16.8. The van der Waals surface area contributed by atoms with Crippen LogP contribution < -0.4 is 0 Å². The van der Waals surface area contributed by atoms with Crippen molar-refractivity contribution in [3.8, 4) is 0 Å². The Kier molecular flexibility index (Phi) is 8.10. The molecule has 0 aromatic rings. The number of ketones is 1. The maximum atomic E-state index is 12.7. The van der Waals surface area contributed by atoms with E-state index >= 15 is 0 Å². The highest BCUT2D eigenvalue weighted by Gasteiger charge is 2.39. The summed E-state index contributed by atoms with van der Waals surface area (Å²) in [5, 5.41) is 0. The van der Waals surface area contributed by atoms with E-state index < -0.39 is 10.0 Å². The number of sulfonamides is 1. The van der Waals surface area contributed by atoms with Gasteiger partial charge in [0.15, 0.2) is 0 Å². The van der Waals surface area contributed by atoms with Crippen LogP contribution in [-0.2, 0) is 14.8 Å². The number of unbranched alkanes of at least 4 members (excludes halogenated alkanes) is 2. The van der Waals surface area contributed by atoms with Gasteiger partial charge in [0.1, 0.15) is 5.78 Å². The number of carbonyl (C=O) groups excluding carboxylic acids is 1. The summed E-state index contributed by atoms with van der Waals surface area (Å²) >= 11 is 0. The van der Waals surface area contributed by atoms with E-state index in [4.69, 9.17) is 0 Å². The lowest BCUT2D eigenvalue weighted by Gasteiger charge is -2.17. The SMILES string of the molecule is CCC[C@H]1CN(S(C)(=O)=O)CC1C(=O)CCCCCN1C=CC=CC=C1. The van der Waals surface area contributed by atoms with Gasteiger partial charge in [0.2, 0.25) is 10.0 Å². The van der Waals surface area contributed by atoms with Crippen LogP contribution in [0.2, 0.25) is 0 Å². The Labute approximate surface area is 158 Å². The Morgan fingerprint density at radius 1 is 1.04 bits per heavy atom. The second-order valence-electron chi connectivity index (χ2n) is 7.32. The maximum Gasteiger partial charge on any atom is 0.211 e. The number of rotatable bonds is 10. The average Bonchev–Trinajstić information content (AvgIpc) is 2.84. The van der Waals surface area contributed by atoms with Crippen LogP contribution in [0, 0.1) is 11.8 Å². The lowest BCUT2D eigenvalue weighted by molar-refractivity contribution is -0.123. The molecule has 2 atom stereocenters. The monoisotopic (exact) mass is 380 g/mol. The minimum Gasteiger partial charge on any atom is -0.354 e. The smallest absolute Gasteiger partial charge is 0.211 e. The number of hydrogen-bond donors (Lipinski definition) is 0. The predicted octanol–water partition coefficient (Wildman–Crippen LogP) is 3.32. The van der Waals surface area contributed by atoms with Crippen LogP contribution >= 0.6 is 0 Å². The third-order valence-electron chi connectivity index (χ3n) is 5.18. The molecule has 0 saturated carbocycles. The lowest BCUT2D eigenvalue weighted by Crippen LogP contribution is -2.28. The molecule has 1 saturated heterocycles. The maximum absolute atomic E-state index is 12.7. The average molecular weight is 381 g/mol. The van der Waals surface area contributed by atoms with Gasteiger partial charge in [-0.2, -0.15) is 0 Å². The van der Waals surface area contributed by atoms with Crippen molar-refractivity contribution in [3.05, 3.63) is 36.7 Å². The number of carbonyl (C=O) groups is 1. The van der Waals surface area contributed by atoms with Crippen molar-refractivity contribution in [2.45, 2.75) is 45.4 Å². The quantitative estimate of drug-likeness (QED) is 0.546. The van der Waals surface area contributed by atoms with Crippen molar-refractivity contribution < 1.29 is 13.2 Å². The van der Waals surface area contributed by atoms with Crippen LogP contribution in [0.5, 0.6) is 0 Å². The number of hydrogen-bond acceptors (Lipinski definition) is 4. The van der Waals surface area contributed by atoms with Gasteiger partial charge in [-0.1, -0.05) is 31.9 Å². The van der Waals surface area contributed by atoms with Crippen molar-refractivity contribution >= 4 is 15.8 Å². The Bertz CT molecular complexity index is 636. The molecule has 2 aliphatic rings. The number of allylic oxidation sites excluding steroid dienone is 4. The predicted molar refractivity (Wildman–Crippen MR) is 106 cm³/mol. The van der Waals surface area contributed by atoms with Crippen LogP contribution in [0.25, 0.3) is 0 Å². The summed E-state index contributed by atoms with van der Waals surface area (Å²) in [7, 11) is -3.21. The lowest BCUT2D eigenvalue weighted by atomic mass is 9.86. The topological polar surface area (TPSA) is 57.7 Å². The van der Waals surface area contributed by atoms with Crippen molar-refractivity contribution in [1.29, 1.82) is 0 Å². The van der Waals surface area contributed by atoms with Crippen molar-refractivity contribution in [3.63, 3.8) is 0 Å². The third-order valence-corrected chi connectivity index (χ3v) is 6.41. The highest BCUT2D eigenvalue weighted by atomic mass is 32.2. The molecule has 26 heavy (non-hydrogen) atoms. The van der Waals surface area contributed by atoms with Crippen LogP contribution in [0.15, 0.2) is 36.7 Å². The van der Waals surface area contributed by atoms with Gasteiger partial charge >= 0.3 is 0 Å². The molecule has 6 heteroatoms. The summed E-state index contributed by atoms with van der Waals surface area (Å²) < 4.78 is 25.1. The molecule has 1 unspecified atom stereocenters. The molecule has 2 heterocycles. The molecule has 146 valence electrons. The molecule has 0 aliphatic carbocycles. The molecule has 0 radical (unpaired) electrons. The second kappa shape index (κ2) is 10.1. The highest BCUT2D eigenvalue weighted by Crippen LogP contribution is 2.30. The third kappa shape index (κ3) is 6.40. The van der Waals surface area contributed by atoms with Gasteiger partial charge in [-0.25, -0.2) is 12.7 Å². The summed E-state index contributed by atoms with van der Waals surface area (Å²) in [5.41, 5.74) is 0. The van der Waals surface area contributed by atoms with Crippen molar-refractivity contribution in [1.82, 2.24) is 9.21 Å². The summed E-state index contributed by atoms with van der Waals surface area (Å²) in [4.78, 5) is 14.8. The fraction of sp³-hybridized carbons (Fsp3) is 0.650. The fourth-order valence-corrected chi connectivity index (χ4v) is 4.63. The summed E-state index contributed by atoms with van der Waals surface area (Å²) in [6.07, 6.45) is 18.8. The second-order valence-corrected chi connectivity index (χ2v) is 9.30. The molecule has 1 fully saturated rings. The van der Waals surface area contributed by atoms with E-state index in [9.17, 15) is 13.2 Å². The molecule has 2 rings (SSSR count). The van der Waals surface area contributed by atoms with E-state index in [-0.39, 0.29) is 17.6 Å².